The number of ether oxygens (including phenoxy) is 4. The third-order valence-electron chi connectivity index (χ3n) is 8.28. The average molecular weight is 726 g/mol. The van der Waals surface area contributed by atoms with Gasteiger partial charge in [-0.2, -0.15) is 0 Å². The number of hydrogen-bond donors (Lipinski definition) is 2. The topological polar surface area (TPSA) is 132 Å². The number of fused-ring (bicyclic) bond motifs is 1. The van der Waals surface area contributed by atoms with Crippen LogP contribution >= 0.6 is 0 Å². The van der Waals surface area contributed by atoms with Gasteiger partial charge in [-0.05, 0) is 89.5 Å². The molecular formula is C39H36FN3O8S. The molecule has 2 amide bonds. The number of nitrogens with zero attached hydrogens (tertiary/aromatic N) is 1. The van der Waals surface area contributed by atoms with E-state index in [1.807, 2.05) is 48.5 Å². The Morgan fingerprint density at radius 2 is 1.48 bits per heavy atom. The van der Waals surface area contributed by atoms with Gasteiger partial charge in [0.2, 0.25) is 12.7 Å². The normalized spacial score (nSPS) is 12.4. The van der Waals surface area contributed by atoms with Crippen LogP contribution in [-0.2, 0) is 39.1 Å². The lowest BCUT2D eigenvalue weighted by molar-refractivity contribution is -0.142. The van der Waals surface area contributed by atoms with Gasteiger partial charge in [0.25, 0.3) is 15.9 Å². The largest absolute Gasteiger partial charge is 0.497 e. The maximum Gasteiger partial charge on any atom is 0.261 e. The van der Waals surface area contributed by atoms with E-state index in [-0.39, 0.29) is 48.5 Å². The Morgan fingerprint density at radius 3 is 2.19 bits per heavy atom. The first kappa shape index (κ1) is 35.7. The summed E-state index contributed by atoms with van der Waals surface area (Å²) in [5, 5.41) is 2.99. The van der Waals surface area contributed by atoms with Gasteiger partial charge in [0.1, 0.15) is 23.4 Å². The molecule has 13 heteroatoms. The van der Waals surface area contributed by atoms with Gasteiger partial charge in [-0.3, -0.25) is 14.3 Å². The van der Waals surface area contributed by atoms with E-state index in [4.69, 9.17) is 18.9 Å². The number of benzene rings is 5. The SMILES string of the molecule is COc1ccc(CN(C(=O)COc2ccc(S(=O)(=O)Nc3ccc(F)cc3)cc2)[C@H](Cc2ccccc2)C(=O)NCc2ccc3c(c2)OCO3)cc1. The molecule has 0 bridgehead atoms. The van der Waals surface area contributed by atoms with Gasteiger partial charge in [0.05, 0.1) is 12.0 Å². The first-order chi connectivity index (χ1) is 25.2. The van der Waals surface area contributed by atoms with Crippen LogP contribution in [0.1, 0.15) is 16.7 Å². The van der Waals surface area contributed by atoms with Gasteiger partial charge < -0.3 is 29.2 Å². The molecule has 1 atom stereocenters. The van der Waals surface area contributed by atoms with Crippen molar-refractivity contribution in [1.82, 2.24) is 10.2 Å². The van der Waals surface area contributed by atoms with Crippen molar-refractivity contribution < 1.29 is 41.3 Å². The van der Waals surface area contributed by atoms with Crippen molar-refractivity contribution in [2.45, 2.75) is 30.4 Å². The lowest BCUT2D eigenvalue weighted by Gasteiger charge is -2.31. The lowest BCUT2D eigenvalue weighted by Crippen LogP contribution is -2.51. The highest BCUT2D eigenvalue weighted by Crippen LogP contribution is 2.32. The van der Waals surface area contributed by atoms with Crippen LogP contribution < -0.4 is 29.0 Å². The molecule has 268 valence electrons. The summed E-state index contributed by atoms with van der Waals surface area (Å²) in [6, 6.07) is 31.6. The molecule has 1 aliphatic heterocycles. The number of carbonyl (C=O) groups is 2. The van der Waals surface area contributed by atoms with Crippen molar-refractivity contribution in [2.24, 2.45) is 0 Å². The second-order valence-electron chi connectivity index (χ2n) is 11.9. The number of nitrogens with one attached hydrogen (secondary N) is 2. The number of methoxy groups -OCH3 is 1. The predicted octanol–water partition coefficient (Wildman–Crippen LogP) is 5.70. The average Bonchev–Trinajstić information content (AvgIpc) is 3.64. The summed E-state index contributed by atoms with van der Waals surface area (Å²) in [5.41, 5.74) is 2.62. The minimum Gasteiger partial charge on any atom is -0.497 e. The fourth-order valence-electron chi connectivity index (χ4n) is 5.51. The van der Waals surface area contributed by atoms with Crippen LogP contribution in [0.2, 0.25) is 0 Å². The van der Waals surface area contributed by atoms with E-state index in [0.717, 1.165) is 28.8 Å². The van der Waals surface area contributed by atoms with Gasteiger partial charge in [-0.1, -0.05) is 48.5 Å². The molecule has 0 saturated heterocycles. The molecule has 0 fully saturated rings. The van der Waals surface area contributed by atoms with Crippen molar-refractivity contribution in [3.05, 3.63) is 144 Å². The number of hydrogen-bond acceptors (Lipinski definition) is 8. The number of sulfonamides is 1. The number of rotatable bonds is 15. The Hall–Kier alpha value is -6.08. The van der Waals surface area contributed by atoms with E-state index in [2.05, 4.69) is 10.0 Å². The number of carbonyl (C=O) groups excluding carboxylic acids is 2. The van der Waals surface area contributed by atoms with Crippen LogP contribution in [0.5, 0.6) is 23.0 Å². The summed E-state index contributed by atoms with van der Waals surface area (Å²) in [6.45, 7) is -0.0238. The standard InChI is InChI=1S/C39H36FN3O8S/c1-48-32-14-7-28(8-15-32)24-43(38(44)25-49-33-16-18-34(19-17-33)52(46,47)42-31-12-10-30(40)11-13-31)35(21-27-5-3-2-4-6-27)39(45)41-23-29-9-20-36-37(22-29)51-26-50-36/h2-20,22,35,42H,21,23-26H2,1H3,(H,41,45)/t35-/m1/s1. The molecule has 1 aliphatic rings. The van der Waals surface area contributed by atoms with Crippen LogP contribution in [0.3, 0.4) is 0 Å². The fraction of sp³-hybridized carbons (Fsp3) is 0.179. The van der Waals surface area contributed by atoms with Crippen molar-refractivity contribution in [1.29, 1.82) is 0 Å². The van der Waals surface area contributed by atoms with Gasteiger partial charge in [0.15, 0.2) is 18.1 Å². The highest BCUT2D eigenvalue weighted by atomic mass is 32.2. The summed E-state index contributed by atoms with van der Waals surface area (Å²) in [5.74, 6) is 0.782. The molecule has 0 unspecified atom stereocenters. The molecule has 11 nitrogen and oxygen atoms in total. The smallest absolute Gasteiger partial charge is 0.261 e. The summed E-state index contributed by atoms with van der Waals surface area (Å²) in [4.78, 5) is 29.5. The lowest BCUT2D eigenvalue weighted by atomic mass is 10.0. The maximum absolute atomic E-state index is 14.1. The summed E-state index contributed by atoms with van der Waals surface area (Å²) >= 11 is 0. The molecule has 2 N–H and O–H groups in total. The quantitative estimate of drug-likeness (QED) is 0.141. The van der Waals surface area contributed by atoms with E-state index in [1.165, 1.54) is 41.3 Å². The number of halogens is 1. The van der Waals surface area contributed by atoms with Crippen molar-refractivity contribution >= 4 is 27.5 Å². The van der Waals surface area contributed by atoms with Gasteiger partial charge in [-0.25, -0.2) is 12.8 Å². The monoisotopic (exact) mass is 725 g/mol. The third kappa shape index (κ3) is 9.17. The Bertz CT molecular complexity index is 2100. The fourth-order valence-corrected chi connectivity index (χ4v) is 6.57. The Kier molecular flexibility index (Phi) is 11.2. The minimum absolute atomic E-state index is 0.0568. The molecular weight excluding hydrogens is 690 g/mol. The number of amides is 2. The Balaban J connectivity index is 1.21. The predicted molar refractivity (Wildman–Crippen MR) is 191 cm³/mol. The molecule has 0 saturated carbocycles. The second-order valence-corrected chi connectivity index (χ2v) is 13.5. The summed E-state index contributed by atoms with van der Waals surface area (Å²) in [6.07, 6.45) is 0.226. The molecule has 6 rings (SSSR count). The van der Waals surface area contributed by atoms with Crippen molar-refractivity contribution in [2.75, 3.05) is 25.2 Å². The zero-order valence-corrected chi connectivity index (χ0v) is 29.0. The van der Waals surface area contributed by atoms with E-state index in [0.29, 0.717) is 17.2 Å². The highest BCUT2D eigenvalue weighted by Gasteiger charge is 2.31. The Morgan fingerprint density at radius 1 is 0.808 bits per heavy atom. The molecule has 1 heterocycles. The summed E-state index contributed by atoms with van der Waals surface area (Å²) < 4.78 is 63.5. The highest BCUT2D eigenvalue weighted by molar-refractivity contribution is 7.92. The van der Waals surface area contributed by atoms with Crippen LogP contribution in [0.4, 0.5) is 10.1 Å². The first-order valence-electron chi connectivity index (χ1n) is 16.3. The van der Waals surface area contributed by atoms with Crippen molar-refractivity contribution in [3.63, 3.8) is 0 Å². The van der Waals surface area contributed by atoms with E-state index >= 15 is 0 Å². The van der Waals surface area contributed by atoms with Crippen LogP contribution in [0.15, 0.2) is 126 Å². The van der Waals surface area contributed by atoms with E-state index in [9.17, 15) is 22.4 Å². The number of anilines is 1. The molecule has 0 radical (unpaired) electrons. The van der Waals surface area contributed by atoms with E-state index in [1.54, 1.807) is 31.4 Å². The minimum atomic E-state index is -3.98. The van der Waals surface area contributed by atoms with Gasteiger partial charge >= 0.3 is 0 Å². The summed E-state index contributed by atoms with van der Waals surface area (Å²) in [7, 11) is -2.41. The van der Waals surface area contributed by atoms with E-state index < -0.39 is 34.4 Å². The molecule has 0 aromatic heterocycles. The second kappa shape index (κ2) is 16.3. The molecule has 5 aromatic carbocycles. The molecule has 0 spiro atoms. The molecule has 5 aromatic rings. The van der Waals surface area contributed by atoms with Crippen LogP contribution in [-0.4, -0.2) is 51.7 Å². The zero-order valence-electron chi connectivity index (χ0n) is 28.2. The van der Waals surface area contributed by atoms with Crippen molar-refractivity contribution in [3.8, 4) is 23.0 Å². The van der Waals surface area contributed by atoms with Crippen LogP contribution in [0.25, 0.3) is 0 Å². The third-order valence-corrected chi connectivity index (χ3v) is 9.68. The maximum atomic E-state index is 14.1. The zero-order chi connectivity index (χ0) is 36.5. The first-order valence-corrected chi connectivity index (χ1v) is 17.8. The molecule has 0 aliphatic carbocycles. The Labute approximate surface area is 301 Å². The van der Waals surface area contributed by atoms with Gasteiger partial charge in [0, 0.05) is 25.2 Å². The molecule has 52 heavy (non-hydrogen) atoms. The van der Waals surface area contributed by atoms with Gasteiger partial charge in [-0.15, -0.1) is 0 Å². The van der Waals surface area contributed by atoms with Crippen LogP contribution in [0, 0.1) is 5.82 Å².